The highest BCUT2D eigenvalue weighted by Crippen LogP contribution is 2.37. The lowest BCUT2D eigenvalue weighted by Crippen LogP contribution is -2.09. The van der Waals surface area contributed by atoms with E-state index in [1.165, 1.54) is 25.7 Å². The molecule has 6 nitrogen and oxygen atoms in total. The van der Waals surface area contributed by atoms with Gasteiger partial charge in [-0.05, 0) is 71.5 Å². The lowest BCUT2D eigenvalue weighted by molar-refractivity contribution is -0.134. The number of sulfonamides is 1. The molecule has 0 aromatic heterocycles. The van der Waals surface area contributed by atoms with Crippen molar-refractivity contribution in [1.29, 1.82) is 0 Å². The van der Waals surface area contributed by atoms with Gasteiger partial charge in [-0.3, -0.25) is 9.52 Å². The first-order valence-corrected chi connectivity index (χ1v) is 13.2. The number of nitrogens with one attached hydrogen (secondary N) is 1. The predicted octanol–water partition coefficient (Wildman–Crippen LogP) is 5.76. The molecule has 3 aromatic rings. The van der Waals surface area contributed by atoms with E-state index < -0.39 is 10.0 Å². The third-order valence-corrected chi connectivity index (χ3v) is 6.48. The summed E-state index contributed by atoms with van der Waals surface area (Å²) in [6, 6.07) is 16.9. The maximum Gasteiger partial charge on any atom is 0.310 e. The number of rotatable bonds is 8. The van der Waals surface area contributed by atoms with Gasteiger partial charge in [0.15, 0.2) is 0 Å². The van der Waals surface area contributed by atoms with Crippen molar-refractivity contribution in [3.8, 4) is 22.6 Å². The number of ether oxygens (including phenoxy) is 2. The van der Waals surface area contributed by atoms with Gasteiger partial charge in [-0.2, -0.15) is 0 Å². The molecule has 174 valence electrons. The van der Waals surface area contributed by atoms with Crippen LogP contribution in [0.2, 0.25) is 0 Å². The summed E-state index contributed by atoms with van der Waals surface area (Å²) >= 11 is 0. The molecule has 0 bridgehead atoms. The zero-order valence-electron chi connectivity index (χ0n) is 19.0. The average molecular weight is 468 g/mol. The number of fused-ring (bicyclic) bond motifs is 1. The van der Waals surface area contributed by atoms with Gasteiger partial charge >= 0.3 is 5.97 Å². The van der Waals surface area contributed by atoms with E-state index in [4.69, 9.17) is 9.47 Å². The van der Waals surface area contributed by atoms with Gasteiger partial charge in [0.1, 0.15) is 11.5 Å². The molecule has 0 spiro atoms. The highest BCUT2D eigenvalue weighted by molar-refractivity contribution is 7.92. The zero-order chi connectivity index (χ0) is 23.4. The SMILES string of the molecule is CCC(=O)Oc1ccc(OCC2CCCC2)c(-c2ccc3cc(NS(C)(=O)=O)ccc3c2)c1. The Balaban J connectivity index is 1.68. The van der Waals surface area contributed by atoms with Crippen LogP contribution in [0.15, 0.2) is 54.6 Å². The van der Waals surface area contributed by atoms with E-state index in [2.05, 4.69) is 4.72 Å². The van der Waals surface area contributed by atoms with Gasteiger partial charge in [0, 0.05) is 17.7 Å². The van der Waals surface area contributed by atoms with Crippen LogP contribution in [0.5, 0.6) is 11.5 Å². The van der Waals surface area contributed by atoms with Crippen molar-refractivity contribution < 1.29 is 22.7 Å². The van der Waals surface area contributed by atoms with Crippen LogP contribution in [0, 0.1) is 5.92 Å². The van der Waals surface area contributed by atoms with E-state index in [0.717, 1.165) is 33.9 Å². The van der Waals surface area contributed by atoms with E-state index in [1.54, 1.807) is 25.1 Å². The maximum absolute atomic E-state index is 11.8. The van der Waals surface area contributed by atoms with Crippen molar-refractivity contribution in [3.63, 3.8) is 0 Å². The number of anilines is 1. The molecular formula is C26H29NO5S. The summed E-state index contributed by atoms with van der Waals surface area (Å²) in [7, 11) is -3.34. The minimum Gasteiger partial charge on any atom is -0.493 e. The second-order valence-corrected chi connectivity index (χ2v) is 10.3. The third kappa shape index (κ3) is 6.05. The van der Waals surface area contributed by atoms with Crippen LogP contribution in [0.4, 0.5) is 5.69 Å². The smallest absolute Gasteiger partial charge is 0.310 e. The zero-order valence-corrected chi connectivity index (χ0v) is 19.8. The van der Waals surface area contributed by atoms with E-state index in [9.17, 15) is 13.2 Å². The molecule has 0 radical (unpaired) electrons. The first-order chi connectivity index (χ1) is 15.8. The number of carbonyl (C=O) groups excluding carboxylic acids is 1. The summed E-state index contributed by atoms with van der Waals surface area (Å²) in [6.45, 7) is 2.44. The van der Waals surface area contributed by atoms with Crippen molar-refractivity contribution in [2.45, 2.75) is 39.0 Å². The van der Waals surface area contributed by atoms with Crippen molar-refractivity contribution in [2.24, 2.45) is 5.92 Å². The fourth-order valence-electron chi connectivity index (χ4n) is 4.20. The van der Waals surface area contributed by atoms with Gasteiger partial charge in [0.25, 0.3) is 0 Å². The molecule has 1 fully saturated rings. The Labute approximate surface area is 195 Å². The summed E-state index contributed by atoms with van der Waals surface area (Å²) in [5, 5.41) is 1.87. The van der Waals surface area contributed by atoms with E-state index in [0.29, 0.717) is 30.4 Å². The fourth-order valence-corrected chi connectivity index (χ4v) is 4.76. The van der Waals surface area contributed by atoms with Crippen LogP contribution in [0.3, 0.4) is 0 Å². The van der Waals surface area contributed by atoms with Gasteiger partial charge in [-0.15, -0.1) is 0 Å². The van der Waals surface area contributed by atoms with E-state index >= 15 is 0 Å². The molecule has 0 aliphatic heterocycles. The van der Waals surface area contributed by atoms with Crippen LogP contribution in [0.1, 0.15) is 39.0 Å². The number of hydrogen-bond acceptors (Lipinski definition) is 5. The normalized spacial score (nSPS) is 14.4. The largest absolute Gasteiger partial charge is 0.493 e. The molecule has 1 saturated carbocycles. The van der Waals surface area contributed by atoms with Crippen LogP contribution in [-0.2, 0) is 14.8 Å². The van der Waals surface area contributed by atoms with Crippen molar-refractivity contribution in [3.05, 3.63) is 54.6 Å². The molecule has 4 rings (SSSR count). The topological polar surface area (TPSA) is 81.7 Å². The number of benzene rings is 3. The summed E-state index contributed by atoms with van der Waals surface area (Å²) in [5.41, 5.74) is 2.31. The van der Waals surface area contributed by atoms with E-state index in [1.807, 2.05) is 36.4 Å². The molecule has 7 heteroatoms. The highest BCUT2D eigenvalue weighted by atomic mass is 32.2. The molecule has 1 aliphatic carbocycles. The molecule has 1 aliphatic rings. The summed E-state index contributed by atoms with van der Waals surface area (Å²) in [5.74, 6) is 1.53. The summed E-state index contributed by atoms with van der Waals surface area (Å²) < 4.78 is 37.3. The molecule has 0 atom stereocenters. The van der Waals surface area contributed by atoms with Gasteiger partial charge in [-0.1, -0.05) is 38.0 Å². The molecule has 0 saturated heterocycles. The second kappa shape index (κ2) is 9.83. The number of carbonyl (C=O) groups is 1. The second-order valence-electron chi connectivity index (χ2n) is 8.60. The fraction of sp³-hybridized carbons (Fsp3) is 0.346. The lowest BCUT2D eigenvalue weighted by atomic mass is 10.00. The monoisotopic (exact) mass is 467 g/mol. The van der Waals surface area contributed by atoms with Crippen molar-refractivity contribution >= 4 is 32.5 Å². The quantitative estimate of drug-likeness (QED) is 0.336. The Morgan fingerprint density at radius 2 is 1.73 bits per heavy atom. The Bertz CT molecular complexity index is 1260. The van der Waals surface area contributed by atoms with Gasteiger partial charge in [-0.25, -0.2) is 8.42 Å². The number of hydrogen-bond donors (Lipinski definition) is 1. The minimum absolute atomic E-state index is 0.287. The molecule has 33 heavy (non-hydrogen) atoms. The van der Waals surface area contributed by atoms with Gasteiger partial charge in [0.2, 0.25) is 10.0 Å². The molecule has 0 amide bonds. The van der Waals surface area contributed by atoms with Crippen LogP contribution in [-0.4, -0.2) is 27.2 Å². The van der Waals surface area contributed by atoms with E-state index in [-0.39, 0.29) is 5.97 Å². The van der Waals surface area contributed by atoms with Crippen LogP contribution < -0.4 is 14.2 Å². The first kappa shape index (κ1) is 23.1. The van der Waals surface area contributed by atoms with Gasteiger partial charge < -0.3 is 9.47 Å². The Kier molecular flexibility index (Phi) is 6.88. The minimum atomic E-state index is -3.34. The van der Waals surface area contributed by atoms with Crippen LogP contribution in [0.25, 0.3) is 21.9 Å². The Morgan fingerprint density at radius 1 is 1.00 bits per heavy atom. The standard InChI is InChI=1S/C26H29NO5S/c1-3-26(28)32-23-12-13-25(31-17-18-6-4-5-7-18)24(16-23)21-9-8-20-15-22(27-33(2,29)30)11-10-19(20)14-21/h8-16,18,27H,3-7,17H2,1-2H3. The number of esters is 1. The summed E-state index contributed by atoms with van der Waals surface area (Å²) in [4.78, 5) is 11.8. The van der Waals surface area contributed by atoms with Crippen molar-refractivity contribution in [2.75, 3.05) is 17.6 Å². The third-order valence-electron chi connectivity index (χ3n) is 5.88. The first-order valence-electron chi connectivity index (χ1n) is 11.3. The molecule has 0 unspecified atom stereocenters. The molecule has 3 aromatic carbocycles. The predicted molar refractivity (Wildman–Crippen MR) is 131 cm³/mol. The van der Waals surface area contributed by atoms with Crippen LogP contribution >= 0.6 is 0 Å². The summed E-state index contributed by atoms with van der Waals surface area (Å²) in [6.07, 6.45) is 6.34. The van der Waals surface area contributed by atoms with Crippen molar-refractivity contribution in [1.82, 2.24) is 0 Å². The average Bonchev–Trinajstić information content (AvgIpc) is 3.30. The Hall–Kier alpha value is -3.06. The highest BCUT2D eigenvalue weighted by Gasteiger charge is 2.17. The maximum atomic E-state index is 11.8. The molecule has 1 N–H and O–H groups in total. The molecule has 0 heterocycles. The van der Waals surface area contributed by atoms with Gasteiger partial charge in [0.05, 0.1) is 12.9 Å². The lowest BCUT2D eigenvalue weighted by Gasteiger charge is -2.16. The Morgan fingerprint density at radius 3 is 2.45 bits per heavy atom. The molecular weight excluding hydrogens is 438 g/mol.